The third kappa shape index (κ3) is 6.56. The van der Waals surface area contributed by atoms with Gasteiger partial charge in [0.05, 0.1) is 26.8 Å². The number of halogens is 2. The number of nitrogens with one attached hydrogen (secondary N) is 1. The molecule has 0 saturated carbocycles. The number of rotatable bonds is 9. The lowest BCUT2D eigenvalue weighted by atomic mass is 9.94. The van der Waals surface area contributed by atoms with Crippen LogP contribution in [0.5, 0.6) is 0 Å². The minimum Gasteiger partial charge on any atom is -0.480 e. The van der Waals surface area contributed by atoms with Gasteiger partial charge in [0.2, 0.25) is 5.91 Å². The van der Waals surface area contributed by atoms with Crippen LogP contribution in [-0.4, -0.2) is 45.7 Å². The second kappa shape index (κ2) is 12.8. The van der Waals surface area contributed by atoms with E-state index in [1.807, 2.05) is 64.7 Å². The quantitative estimate of drug-likeness (QED) is 0.180. The van der Waals surface area contributed by atoms with Crippen molar-refractivity contribution >= 4 is 62.2 Å². The molecule has 0 bridgehead atoms. The Bertz CT molecular complexity index is 1760. The van der Waals surface area contributed by atoms with Crippen molar-refractivity contribution in [3.63, 3.8) is 0 Å². The lowest BCUT2D eigenvalue weighted by Gasteiger charge is -2.33. The zero-order valence-electron chi connectivity index (χ0n) is 23.2. The largest absolute Gasteiger partial charge is 0.480 e. The summed E-state index contributed by atoms with van der Waals surface area (Å²) in [6.45, 7) is 2.01. The highest BCUT2D eigenvalue weighted by atomic mass is 35.5. The molecule has 6 rings (SSSR count). The van der Waals surface area contributed by atoms with Gasteiger partial charge in [-0.05, 0) is 59.0 Å². The Morgan fingerprint density at radius 2 is 1.81 bits per heavy atom. The van der Waals surface area contributed by atoms with E-state index in [1.165, 1.54) is 0 Å². The summed E-state index contributed by atoms with van der Waals surface area (Å²) in [5.41, 5.74) is 4.66. The van der Waals surface area contributed by atoms with Crippen LogP contribution >= 0.6 is 34.5 Å². The van der Waals surface area contributed by atoms with Crippen molar-refractivity contribution in [3.8, 4) is 11.1 Å². The molecule has 5 aromatic rings. The van der Waals surface area contributed by atoms with Crippen LogP contribution in [0.4, 0.5) is 5.69 Å². The van der Waals surface area contributed by atoms with E-state index in [2.05, 4.69) is 33.4 Å². The summed E-state index contributed by atoms with van der Waals surface area (Å²) in [4.78, 5) is 31.8. The molecule has 0 radical (unpaired) electrons. The number of benzene rings is 3. The summed E-state index contributed by atoms with van der Waals surface area (Å²) < 4.78 is 2.90. The maximum Gasteiger partial charge on any atom is 0.326 e. The maximum absolute atomic E-state index is 13.1. The van der Waals surface area contributed by atoms with E-state index < -0.39 is 12.0 Å². The van der Waals surface area contributed by atoms with Gasteiger partial charge in [-0.15, -0.1) is 11.3 Å². The molecule has 1 saturated heterocycles. The number of carbonyl (C=O) groups excluding carboxylic acids is 1. The number of thiophene rings is 1. The summed E-state index contributed by atoms with van der Waals surface area (Å²) in [5.74, 6) is -1.55. The van der Waals surface area contributed by atoms with Crippen LogP contribution in [0.3, 0.4) is 0 Å². The second-order valence-electron chi connectivity index (χ2n) is 10.8. The van der Waals surface area contributed by atoms with Gasteiger partial charge in [-0.2, -0.15) is 0 Å². The number of hydrogen-bond donors (Lipinski definition) is 2. The molecule has 7 nitrogen and oxygen atoms in total. The van der Waals surface area contributed by atoms with Crippen LogP contribution in [-0.2, 0) is 22.6 Å². The Labute approximate surface area is 263 Å². The van der Waals surface area contributed by atoms with Crippen LogP contribution in [0, 0.1) is 5.92 Å². The van der Waals surface area contributed by atoms with E-state index in [9.17, 15) is 14.7 Å². The van der Waals surface area contributed by atoms with Crippen molar-refractivity contribution in [2.75, 3.05) is 18.0 Å². The van der Waals surface area contributed by atoms with Gasteiger partial charge in [-0.1, -0.05) is 65.7 Å². The predicted octanol–water partition coefficient (Wildman–Crippen LogP) is 7.15. The number of carbonyl (C=O) groups is 2. The Morgan fingerprint density at radius 1 is 1.02 bits per heavy atom. The van der Waals surface area contributed by atoms with Gasteiger partial charge in [-0.25, -0.2) is 9.78 Å². The first-order valence-electron chi connectivity index (χ1n) is 14.1. The number of carboxylic acids is 1. The van der Waals surface area contributed by atoms with Crippen molar-refractivity contribution in [1.82, 2.24) is 14.9 Å². The normalized spacial score (nSPS) is 14.6. The SMILES string of the molecule is O=C(NC(Cc1cn(Cc2ccccc2)cn1)C(=O)O)C1CCN(c2cccc(-c3cc4ccsc4c(Cl)c3Cl)c2)CC1. The van der Waals surface area contributed by atoms with Crippen LogP contribution < -0.4 is 10.2 Å². The Morgan fingerprint density at radius 3 is 2.58 bits per heavy atom. The molecular weight excluding hydrogens is 603 g/mol. The highest BCUT2D eigenvalue weighted by Gasteiger charge is 2.29. The number of amides is 1. The van der Waals surface area contributed by atoms with E-state index in [-0.39, 0.29) is 18.2 Å². The Kier molecular flexibility index (Phi) is 8.70. The van der Waals surface area contributed by atoms with E-state index in [0.717, 1.165) is 32.5 Å². The molecule has 220 valence electrons. The van der Waals surface area contributed by atoms with Crippen molar-refractivity contribution in [3.05, 3.63) is 106 Å². The number of aromatic nitrogens is 2. The summed E-state index contributed by atoms with van der Waals surface area (Å²) >= 11 is 14.8. The fourth-order valence-electron chi connectivity index (χ4n) is 5.62. The zero-order chi connectivity index (χ0) is 29.9. The van der Waals surface area contributed by atoms with Gasteiger partial charge in [0, 0.05) is 49.4 Å². The molecule has 2 N–H and O–H groups in total. The van der Waals surface area contributed by atoms with Crippen molar-refractivity contribution in [2.45, 2.75) is 31.8 Å². The molecule has 0 spiro atoms. The van der Waals surface area contributed by atoms with Gasteiger partial charge < -0.3 is 19.9 Å². The average Bonchev–Trinajstić information content (AvgIpc) is 3.69. The average molecular weight is 634 g/mol. The van der Waals surface area contributed by atoms with Gasteiger partial charge in [0.15, 0.2) is 0 Å². The minimum absolute atomic E-state index is 0.123. The van der Waals surface area contributed by atoms with Crippen molar-refractivity contribution in [1.29, 1.82) is 0 Å². The summed E-state index contributed by atoms with van der Waals surface area (Å²) in [6.07, 6.45) is 4.90. The third-order valence-electron chi connectivity index (χ3n) is 7.93. The van der Waals surface area contributed by atoms with Gasteiger partial charge >= 0.3 is 5.97 Å². The standard InChI is InChI=1S/C33H30Cl2N4O3S/c34-29-27(16-24-11-14-43-31(24)30(29)35)23-7-4-8-26(15-23)39-12-9-22(10-13-39)32(40)37-28(33(41)42)17-25-19-38(20-36-25)18-21-5-2-1-3-6-21/h1-8,11,14-16,19-20,22,28H,9-10,12-13,17-18H2,(H,37,40)(H,41,42). The van der Waals surface area contributed by atoms with Crippen LogP contribution in [0.1, 0.15) is 24.1 Å². The van der Waals surface area contributed by atoms with Crippen LogP contribution in [0.15, 0.2) is 84.6 Å². The number of carboxylic acid groups (broad SMARTS) is 1. The monoisotopic (exact) mass is 632 g/mol. The molecule has 10 heteroatoms. The molecule has 1 amide bonds. The predicted molar refractivity (Wildman–Crippen MR) is 173 cm³/mol. The number of aliphatic carboxylic acids is 1. The minimum atomic E-state index is -1.07. The number of fused-ring (bicyclic) bond motifs is 1. The molecule has 3 heterocycles. The van der Waals surface area contributed by atoms with Crippen molar-refractivity contribution in [2.24, 2.45) is 5.92 Å². The fraction of sp³-hybridized carbons (Fsp3) is 0.242. The van der Waals surface area contributed by atoms with E-state index in [0.29, 0.717) is 48.2 Å². The molecular formula is C33H30Cl2N4O3S. The lowest BCUT2D eigenvalue weighted by molar-refractivity contribution is -0.142. The van der Waals surface area contributed by atoms with Crippen LogP contribution in [0.2, 0.25) is 10.0 Å². The second-order valence-corrected chi connectivity index (χ2v) is 12.5. The molecule has 43 heavy (non-hydrogen) atoms. The molecule has 3 aromatic carbocycles. The number of hydrogen-bond acceptors (Lipinski definition) is 5. The summed E-state index contributed by atoms with van der Waals surface area (Å²) in [6, 6.07) is 21.2. The van der Waals surface area contributed by atoms with Gasteiger partial charge in [-0.3, -0.25) is 4.79 Å². The Hall–Kier alpha value is -3.85. The molecule has 1 atom stereocenters. The van der Waals surface area contributed by atoms with E-state index in [4.69, 9.17) is 23.2 Å². The smallest absolute Gasteiger partial charge is 0.326 e. The first kappa shape index (κ1) is 29.2. The molecule has 1 aliphatic rings. The number of imidazole rings is 1. The molecule has 1 fully saturated rings. The summed E-state index contributed by atoms with van der Waals surface area (Å²) in [7, 11) is 0. The number of nitrogens with zero attached hydrogens (tertiary/aromatic N) is 3. The highest BCUT2D eigenvalue weighted by molar-refractivity contribution is 7.18. The first-order valence-corrected chi connectivity index (χ1v) is 15.8. The van der Waals surface area contributed by atoms with Gasteiger partial charge in [0.25, 0.3) is 0 Å². The Balaban J connectivity index is 1.07. The summed E-state index contributed by atoms with van der Waals surface area (Å²) in [5, 5.41) is 16.8. The highest BCUT2D eigenvalue weighted by Crippen LogP contribution is 2.42. The molecule has 1 aliphatic heterocycles. The first-order chi connectivity index (χ1) is 20.9. The number of piperidine rings is 1. The molecule has 1 unspecified atom stereocenters. The van der Waals surface area contributed by atoms with E-state index >= 15 is 0 Å². The number of anilines is 1. The zero-order valence-corrected chi connectivity index (χ0v) is 25.6. The maximum atomic E-state index is 13.1. The van der Waals surface area contributed by atoms with Gasteiger partial charge in [0.1, 0.15) is 6.04 Å². The van der Waals surface area contributed by atoms with Crippen molar-refractivity contribution < 1.29 is 14.7 Å². The lowest BCUT2D eigenvalue weighted by Crippen LogP contribution is -2.47. The third-order valence-corrected chi connectivity index (χ3v) is 9.86. The van der Waals surface area contributed by atoms with Crippen LogP contribution in [0.25, 0.3) is 21.2 Å². The molecule has 0 aliphatic carbocycles. The fourth-order valence-corrected chi connectivity index (χ4v) is 7.10. The van der Waals surface area contributed by atoms with E-state index in [1.54, 1.807) is 17.7 Å². The topological polar surface area (TPSA) is 87.5 Å². The molecule has 2 aromatic heterocycles.